The Morgan fingerprint density at radius 2 is 2.00 bits per heavy atom. The van der Waals surface area contributed by atoms with Gasteiger partial charge in [0, 0.05) is 8.04 Å². The van der Waals surface area contributed by atoms with Crippen molar-refractivity contribution in [2.45, 2.75) is 6.92 Å². The van der Waals surface area contributed by atoms with Crippen molar-refractivity contribution in [1.82, 2.24) is 0 Å². The van der Waals surface area contributed by atoms with Crippen LogP contribution in [-0.2, 0) is 0 Å². The lowest BCUT2D eigenvalue weighted by molar-refractivity contribution is 0.102. The van der Waals surface area contributed by atoms with Gasteiger partial charge in [-0.1, -0.05) is 6.07 Å². The van der Waals surface area contributed by atoms with Crippen LogP contribution in [0.1, 0.15) is 15.9 Å². The predicted octanol–water partition coefficient (Wildman–Crippen LogP) is 4.20. The molecule has 0 aliphatic carbocycles. The molecule has 19 heavy (non-hydrogen) atoms. The van der Waals surface area contributed by atoms with E-state index in [-0.39, 0.29) is 5.91 Å². The molecule has 2 aromatic carbocycles. The van der Waals surface area contributed by atoms with Gasteiger partial charge in [0.2, 0.25) is 0 Å². The minimum absolute atomic E-state index is 0.178. The van der Waals surface area contributed by atoms with Crippen LogP contribution in [0.15, 0.2) is 40.9 Å². The maximum absolute atomic E-state index is 12.3. The molecule has 2 rings (SSSR count). The van der Waals surface area contributed by atoms with Crippen LogP contribution in [0.4, 0.5) is 11.4 Å². The van der Waals surface area contributed by atoms with E-state index in [1.165, 1.54) is 0 Å². The van der Waals surface area contributed by atoms with E-state index in [9.17, 15) is 4.79 Å². The van der Waals surface area contributed by atoms with Gasteiger partial charge in [-0.05, 0) is 81.3 Å². The Bertz CT molecular complexity index is 643. The van der Waals surface area contributed by atoms with Crippen molar-refractivity contribution < 1.29 is 4.79 Å². The van der Waals surface area contributed by atoms with Gasteiger partial charge in [-0.2, -0.15) is 0 Å². The van der Waals surface area contributed by atoms with Gasteiger partial charge in [0.15, 0.2) is 0 Å². The molecular weight excluding hydrogens is 419 g/mol. The standard InChI is InChI=1S/C14H12BrIN2O/c1-8-2-5-12(17)13(6-8)18-14(19)10-7-9(16)3-4-11(10)15/h2-7H,17H2,1H3,(H,18,19). The first-order valence-corrected chi connectivity index (χ1v) is 7.47. The summed E-state index contributed by atoms with van der Waals surface area (Å²) < 4.78 is 1.76. The number of nitrogen functional groups attached to an aromatic ring is 1. The van der Waals surface area contributed by atoms with E-state index in [1.807, 2.05) is 37.3 Å². The van der Waals surface area contributed by atoms with Gasteiger partial charge in [0.25, 0.3) is 5.91 Å². The third-order valence-corrected chi connectivity index (χ3v) is 3.99. The average Bonchev–Trinajstić information content (AvgIpc) is 2.36. The number of hydrogen-bond acceptors (Lipinski definition) is 2. The topological polar surface area (TPSA) is 55.1 Å². The highest BCUT2D eigenvalue weighted by Gasteiger charge is 2.12. The first-order valence-electron chi connectivity index (χ1n) is 5.60. The zero-order valence-corrected chi connectivity index (χ0v) is 13.9. The average molecular weight is 431 g/mol. The van der Waals surface area contributed by atoms with Gasteiger partial charge in [-0.15, -0.1) is 0 Å². The zero-order chi connectivity index (χ0) is 14.0. The SMILES string of the molecule is Cc1ccc(N)c(NC(=O)c2cc(I)ccc2Br)c1. The Morgan fingerprint density at radius 3 is 2.74 bits per heavy atom. The second-order valence-electron chi connectivity index (χ2n) is 4.17. The fourth-order valence-corrected chi connectivity index (χ4v) is 2.56. The van der Waals surface area contributed by atoms with E-state index in [2.05, 4.69) is 43.8 Å². The Morgan fingerprint density at radius 1 is 1.26 bits per heavy atom. The zero-order valence-electron chi connectivity index (χ0n) is 10.2. The molecular formula is C14H12BrIN2O. The molecule has 0 aliphatic rings. The molecule has 5 heteroatoms. The summed E-state index contributed by atoms with van der Waals surface area (Å²) in [7, 11) is 0. The first-order chi connectivity index (χ1) is 8.97. The van der Waals surface area contributed by atoms with Crippen LogP contribution >= 0.6 is 38.5 Å². The summed E-state index contributed by atoms with van der Waals surface area (Å²) in [5.74, 6) is -0.178. The molecule has 1 amide bonds. The molecule has 0 bridgehead atoms. The monoisotopic (exact) mass is 430 g/mol. The van der Waals surface area contributed by atoms with E-state index in [0.29, 0.717) is 16.9 Å². The van der Waals surface area contributed by atoms with Crippen molar-refractivity contribution in [3.05, 3.63) is 55.6 Å². The molecule has 0 spiro atoms. The fraction of sp³-hybridized carbons (Fsp3) is 0.0714. The number of carbonyl (C=O) groups excluding carboxylic acids is 1. The second kappa shape index (κ2) is 5.92. The summed E-state index contributed by atoms with van der Waals surface area (Å²) in [6, 6.07) is 11.2. The van der Waals surface area contributed by atoms with Crippen molar-refractivity contribution in [3.8, 4) is 0 Å². The van der Waals surface area contributed by atoms with Crippen molar-refractivity contribution in [3.63, 3.8) is 0 Å². The van der Waals surface area contributed by atoms with E-state index in [0.717, 1.165) is 13.6 Å². The maximum Gasteiger partial charge on any atom is 0.256 e. The molecule has 3 N–H and O–H groups in total. The van der Waals surface area contributed by atoms with Crippen LogP contribution in [-0.4, -0.2) is 5.91 Å². The van der Waals surface area contributed by atoms with Gasteiger partial charge in [-0.3, -0.25) is 4.79 Å². The van der Waals surface area contributed by atoms with Gasteiger partial charge in [-0.25, -0.2) is 0 Å². The van der Waals surface area contributed by atoms with E-state index < -0.39 is 0 Å². The van der Waals surface area contributed by atoms with Crippen LogP contribution in [0.5, 0.6) is 0 Å². The molecule has 2 aromatic rings. The molecule has 0 aliphatic heterocycles. The third-order valence-electron chi connectivity index (χ3n) is 2.63. The van der Waals surface area contributed by atoms with Gasteiger partial charge in [0.05, 0.1) is 16.9 Å². The highest BCUT2D eigenvalue weighted by molar-refractivity contribution is 14.1. The molecule has 0 fully saturated rings. The minimum Gasteiger partial charge on any atom is -0.397 e. The minimum atomic E-state index is -0.178. The normalized spacial score (nSPS) is 10.3. The van der Waals surface area contributed by atoms with Crippen LogP contribution < -0.4 is 11.1 Å². The van der Waals surface area contributed by atoms with Crippen LogP contribution in [0, 0.1) is 10.5 Å². The van der Waals surface area contributed by atoms with Crippen molar-refractivity contribution in [2.24, 2.45) is 0 Å². The molecule has 0 heterocycles. The Balaban J connectivity index is 2.30. The third kappa shape index (κ3) is 3.48. The Kier molecular flexibility index (Phi) is 4.46. The number of nitrogens with two attached hydrogens (primary N) is 1. The molecule has 98 valence electrons. The predicted molar refractivity (Wildman–Crippen MR) is 90.4 cm³/mol. The highest BCUT2D eigenvalue weighted by Crippen LogP contribution is 2.24. The molecule has 0 unspecified atom stereocenters. The number of halogens is 2. The number of aryl methyl sites for hydroxylation is 1. The molecule has 0 radical (unpaired) electrons. The van der Waals surface area contributed by atoms with Gasteiger partial charge >= 0.3 is 0 Å². The van der Waals surface area contributed by atoms with Crippen molar-refractivity contribution in [1.29, 1.82) is 0 Å². The largest absolute Gasteiger partial charge is 0.397 e. The highest BCUT2D eigenvalue weighted by atomic mass is 127. The van der Waals surface area contributed by atoms with E-state index >= 15 is 0 Å². The number of hydrogen-bond donors (Lipinski definition) is 2. The smallest absolute Gasteiger partial charge is 0.256 e. The maximum atomic E-state index is 12.3. The lowest BCUT2D eigenvalue weighted by Crippen LogP contribution is -2.14. The quantitative estimate of drug-likeness (QED) is 0.554. The summed E-state index contributed by atoms with van der Waals surface area (Å²) in [5.41, 5.74) is 8.68. The molecule has 3 nitrogen and oxygen atoms in total. The summed E-state index contributed by atoms with van der Waals surface area (Å²) in [5, 5.41) is 2.84. The summed E-state index contributed by atoms with van der Waals surface area (Å²) in [6.45, 7) is 1.95. The van der Waals surface area contributed by atoms with E-state index in [1.54, 1.807) is 6.07 Å². The van der Waals surface area contributed by atoms with Crippen molar-refractivity contribution >= 4 is 55.8 Å². The van der Waals surface area contributed by atoms with Crippen molar-refractivity contribution in [2.75, 3.05) is 11.1 Å². The summed E-state index contributed by atoms with van der Waals surface area (Å²) in [4.78, 5) is 12.3. The molecule has 0 atom stereocenters. The fourth-order valence-electron chi connectivity index (χ4n) is 1.64. The number of anilines is 2. The lowest BCUT2D eigenvalue weighted by atomic mass is 10.1. The number of rotatable bonds is 2. The van der Waals surface area contributed by atoms with Gasteiger partial charge < -0.3 is 11.1 Å². The molecule has 0 saturated heterocycles. The number of nitrogens with one attached hydrogen (secondary N) is 1. The summed E-state index contributed by atoms with van der Waals surface area (Å²) >= 11 is 5.55. The Labute approximate surface area is 133 Å². The van der Waals surface area contributed by atoms with Crippen LogP contribution in [0.25, 0.3) is 0 Å². The van der Waals surface area contributed by atoms with Crippen LogP contribution in [0.3, 0.4) is 0 Å². The number of amides is 1. The number of carbonyl (C=O) groups is 1. The molecule has 0 aromatic heterocycles. The molecule has 0 saturated carbocycles. The second-order valence-corrected chi connectivity index (χ2v) is 6.27. The van der Waals surface area contributed by atoms with Crippen LogP contribution in [0.2, 0.25) is 0 Å². The van der Waals surface area contributed by atoms with E-state index in [4.69, 9.17) is 5.73 Å². The van der Waals surface area contributed by atoms with Gasteiger partial charge in [0.1, 0.15) is 0 Å². The lowest BCUT2D eigenvalue weighted by Gasteiger charge is -2.10. The Hall–Kier alpha value is -1.08. The first kappa shape index (κ1) is 14.3. The number of benzene rings is 2. The summed E-state index contributed by atoms with van der Waals surface area (Å²) in [6.07, 6.45) is 0.